The molecular weight excluding hydrogens is 370 g/mol. The van der Waals surface area contributed by atoms with E-state index >= 15 is 0 Å². The molecule has 1 aliphatic rings. The van der Waals surface area contributed by atoms with Crippen LogP contribution in [0.15, 0.2) is 24.3 Å². The fraction of sp³-hybridized carbons (Fsp3) is 0.467. The Balaban J connectivity index is 1.97. The van der Waals surface area contributed by atoms with Crippen LogP contribution < -0.4 is 15.4 Å². The van der Waals surface area contributed by atoms with Gasteiger partial charge in [-0.1, -0.05) is 18.2 Å². The zero-order chi connectivity index (χ0) is 19.5. The van der Waals surface area contributed by atoms with Crippen LogP contribution in [-0.4, -0.2) is 30.4 Å². The molecule has 1 heterocycles. The van der Waals surface area contributed by atoms with Crippen LogP contribution in [0.2, 0.25) is 0 Å². The summed E-state index contributed by atoms with van der Waals surface area (Å²) in [5.74, 6) is -3.81. The predicted octanol–water partition coefficient (Wildman–Crippen LogP) is 2.66. The van der Waals surface area contributed by atoms with E-state index in [4.69, 9.17) is 0 Å². The van der Waals surface area contributed by atoms with E-state index in [1.807, 2.05) is 0 Å². The largest absolute Gasteiger partial charge is 0.573 e. The molecule has 0 spiro atoms. The van der Waals surface area contributed by atoms with Gasteiger partial charge in [-0.2, -0.15) is 13.2 Å². The van der Waals surface area contributed by atoms with Gasteiger partial charge in [-0.25, -0.2) is 0 Å². The van der Waals surface area contributed by atoms with Gasteiger partial charge in [0.25, 0.3) is 0 Å². The highest BCUT2D eigenvalue weighted by Gasteiger charge is 2.45. The number of para-hydroxylation sites is 1. The lowest BCUT2D eigenvalue weighted by molar-refractivity contribution is -0.274. The first kappa shape index (κ1) is 19.9. The number of ether oxygens (including phenoxy) is 1. The Bertz CT molecular complexity index is 674. The van der Waals surface area contributed by atoms with Crippen LogP contribution in [0.1, 0.15) is 18.4 Å². The van der Waals surface area contributed by atoms with Crippen molar-refractivity contribution < 1.29 is 40.7 Å². The molecule has 0 saturated carbocycles. The normalized spacial score (nSPS) is 21.1. The smallest absolute Gasteiger partial charge is 0.405 e. The fourth-order valence-electron chi connectivity index (χ4n) is 2.48. The Morgan fingerprint density at radius 2 is 1.81 bits per heavy atom. The summed E-state index contributed by atoms with van der Waals surface area (Å²) in [6, 6.07) is 3.04. The van der Waals surface area contributed by atoms with Gasteiger partial charge in [-0.15, -0.1) is 13.2 Å². The minimum Gasteiger partial charge on any atom is -0.405 e. The molecule has 0 bridgehead atoms. The lowest BCUT2D eigenvalue weighted by Gasteiger charge is -2.29. The molecule has 0 unspecified atom stereocenters. The number of carbonyl (C=O) groups is 2. The summed E-state index contributed by atoms with van der Waals surface area (Å²) >= 11 is 0. The molecule has 5 nitrogen and oxygen atoms in total. The Labute approximate surface area is 143 Å². The molecule has 1 fully saturated rings. The molecule has 2 amide bonds. The van der Waals surface area contributed by atoms with Crippen LogP contribution in [0.3, 0.4) is 0 Å². The molecule has 26 heavy (non-hydrogen) atoms. The van der Waals surface area contributed by atoms with Gasteiger partial charge in [0.15, 0.2) is 0 Å². The van der Waals surface area contributed by atoms with E-state index in [0.717, 1.165) is 6.07 Å². The number of nitrogens with one attached hydrogen (secondary N) is 2. The molecule has 0 radical (unpaired) electrons. The molecule has 1 saturated heterocycles. The lowest BCUT2D eigenvalue weighted by atomic mass is 9.92. The first-order chi connectivity index (χ1) is 12.0. The number of halogens is 6. The molecule has 2 rings (SSSR count). The van der Waals surface area contributed by atoms with Crippen LogP contribution in [-0.2, 0) is 16.1 Å². The second kappa shape index (κ2) is 7.42. The van der Waals surface area contributed by atoms with Gasteiger partial charge < -0.3 is 15.4 Å². The number of hydrogen-bond donors (Lipinski definition) is 2. The van der Waals surface area contributed by atoms with Crippen LogP contribution in [0, 0.1) is 5.92 Å². The Kier molecular flexibility index (Phi) is 5.67. The summed E-state index contributed by atoms with van der Waals surface area (Å²) in [7, 11) is 0. The Morgan fingerprint density at radius 3 is 2.38 bits per heavy atom. The van der Waals surface area contributed by atoms with Gasteiger partial charge in [0.05, 0.1) is 0 Å². The first-order valence-corrected chi connectivity index (χ1v) is 7.46. The summed E-state index contributed by atoms with van der Waals surface area (Å²) in [5.41, 5.74) is 0.00237. The van der Waals surface area contributed by atoms with Crippen molar-refractivity contribution in [2.75, 3.05) is 0 Å². The van der Waals surface area contributed by atoms with Crippen molar-refractivity contribution in [1.82, 2.24) is 10.6 Å². The van der Waals surface area contributed by atoms with Crippen LogP contribution in [0.4, 0.5) is 26.3 Å². The van der Waals surface area contributed by atoms with E-state index in [9.17, 15) is 35.9 Å². The zero-order valence-corrected chi connectivity index (χ0v) is 13.1. The second-order valence-electron chi connectivity index (χ2n) is 5.61. The highest BCUT2D eigenvalue weighted by Crippen LogP contribution is 2.29. The van der Waals surface area contributed by atoms with Crippen LogP contribution in [0.5, 0.6) is 5.75 Å². The number of benzene rings is 1. The minimum absolute atomic E-state index is 0.00237. The number of alkyl halides is 6. The molecule has 0 aliphatic carbocycles. The maximum atomic E-state index is 12.6. The van der Waals surface area contributed by atoms with Crippen molar-refractivity contribution in [2.45, 2.75) is 38.0 Å². The standard InChI is InChI=1S/C15H14F6N2O3/c16-14(17,18)11-6-5-9(13(25)23-11)12(24)22-7-8-3-1-2-4-10(8)26-15(19,20)21/h1-4,9,11H,5-7H2,(H,22,24)(H,23,25)/t9-,11+/m1/s1. The molecule has 1 aliphatic heterocycles. The summed E-state index contributed by atoms with van der Waals surface area (Å²) in [6.45, 7) is -0.377. The fourth-order valence-corrected chi connectivity index (χ4v) is 2.48. The molecule has 0 aromatic heterocycles. The van der Waals surface area contributed by atoms with E-state index in [0.29, 0.717) is 0 Å². The van der Waals surface area contributed by atoms with Crippen molar-refractivity contribution in [3.63, 3.8) is 0 Å². The maximum Gasteiger partial charge on any atom is 0.573 e. The third kappa shape index (κ3) is 5.27. The van der Waals surface area contributed by atoms with Crippen LogP contribution >= 0.6 is 0 Å². The number of hydrogen-bond acceptors (Lipinski definition) is 3. The number of carbonyl (C=O) groups excluding carboxylic acids is 2. The van der Waals surface area contributed by atoms with Gasteiger partial charge >= 0.3 is 12.5 Å². The monoisotopic (exact) mass is 384 g/mol. The Morgan fingerprint density at radius 1 is 1.15 bits per heavy atom. The average Bonchev–Trinajstić information content (AvgIpc) is 2.51. The summed E-state index contributed by atoms with van der Waals surface area (Å²) in [4.78, 5) is 23.7. The van der Waals surface area contributed by atoms with E-state index in [1.54, 1.807) is 5.32 Å². The van der Waals surface area contributed by atoms with E-state index in [2.05, 4.69) is 10.1 Å². The van der Waals surface area contributed by atoms with E-state index < -0.39 is 48.5 Å². The summed E-state index contributed by atoms with van der Waals surface area (Å²) in [5, 5.41) is 3.98. The SMILES string of the molecule is O=C(NCc1ccccc1OC(F)(F)F)[C@H]1CC[C@@H](C(F)(F)F)NC1=O. The molecule has 11 heteroatoms. The molecular formula is C15H14F6N2O3. The van der Waals surface area contributed by atoms with Crippen molar-refractivity contribution >= 4 is 11.8 Å². The van der Waals surface area contributed by atoms with Gasteiger partial charge in [0.2, 0.25) is 11.8 Å². The maximum absolute atomic E-state index is 12.6. The van der Waals surface area contributed by atoms with Crippen molar-refractivity contribution in [3.05, 3.63) is 29.8 Å². The van der Waals surface area contributed by atoms with Gasteiger partial charge in [-0.05, 0) is 18.9 Å². The first-order valence-electron chi connectivity index (χ1n) is 7.46. The molecule has 1 aromatic rings. The summed E-state index contributed by atoms with van der Waals surface area (Å²) < 4.78 is 78.6. The number of amides is 2. The highest BCUT2D eigenvalue weighted by atomic mass is 19.4. The Hall–Kier alpha value is -2.46. The zero-order valence-electron chi connectivity index (χ0n) is 13.1. The van der Waals surface area contributed by atoms with Gasteiger partial charge in [0.1, 0.15) is 17.7 Å². The van der Waals surface area contributed by atoms with Crippen molar-refractivity contribution in [1.29, 1.82) is 0 Å². The number of rotatable bonds is 4. The summed E-state index contributed by atoms with van der Waals surface area (Å²) in [6.07, 6.45) is -10.3. The van der Waals surface area contributed by atoms with E-state index in [1.165, 1.54) is 18.2 Å². The van der Waals surface area contributed by atoms with E-state index in [-0.39, 0.29) is 18.5 Å². The quantitative estimate of drug-likeness (QED) is 0.620. The number of piperidine rings is 1. The van der Waals surface area contributed by atoms with Crippen LogP contribution in [0.25, 0.3) is 0 Å². The molecule has 1 aromatic carbocycles. The minimum atomic E-state index is -4.92. The average molecular weight is 384 g/mol. The molecule has 2 N–H and O–H groups in total. The topological polar surface area (TPSA) is 67.4 Å². The van der Waals surface area contributed by atoms with Gasteiger partial charge in [0, 0.05) is 12.1 Å². The lowest BCUT2D eigenvalue weighted by Crippen LogP contribution is -2.54. The highest BCUT2D eigenvalue weighted by molar-refractivity contribution is 6.00. The molecule has 2 atom stereocenters. The third-order valence-electron chi connectivity index (χ3n) is 3.74. The van der Waals surface area contributed by atoms with Crippen molar-refractivity contribution in [3.8, 4) is 5.75 Å². The molecule has 144 valence electrons. The van der Waals surface area contributed by atoms with Crippen molar-refractivity contribution in [2.24, 2.45) is 5.92 Å². The third-order valence-corrected chi connectivity index (χ3v) is 3.74. The van der Waals surface area contributed by atoms with Gasteiger partial charge in [-0.3, -0.25) is 9.59 Å². The second-order valence-corrected chi connectivity index (χ2v) is 5.61. The predicted molar refractivity (Wildman–Crippen MR) is 75.7 cm³/mol.